The largest absolute Gasteiger partial charge is 0.492 e. The molecule has 1 aliphatic heterocycles. The van der Waals surface area contributed by atoms with E-state index in [-0.39, 0.29) is 0 Å². The molecule has 1 N–H and O–H groups in total. The van der Waals surface area contributed by atoms with E-state index in [1.54, 1.807) is 0 Å². The molecule has 88 valence electrons. The first-order chi connectivity index (χ1) is 7.90. The zero-order valence-electron chi connectivity index (χ0n) is 9.74. The van der Waals surface area contributed by atoms with Gasteiger partial charge in [0.1, 0.15) is 5.75 Å². The summed E-state index contributed by atoms with van der Waals surface area (Å²) < 4.78 is 10.9. The van der Waals surface area contributed by atoms with E-state index in [4.69, 9.17) is 9.47 Å². The Balaban J connectivity index is 2.01. The maximum atomic E-state index is 5.58. The van der Waals surface area contributed by atoms with E-state index in [0.29, 0.717) is 12.6 Å². The van der Waals surface area contributed by atoms with E-state index in [2.05, 4.69) is 11.4 Å². The second-order valence-corrected chi connectivity index (χ2v) is 3.96. The summed E-state index contributed by atoms with van der Waals surface area (Å²) in [5, 5.41) is 3.53. The van der Waals surface area contributed by atoms with Gasteiger partial charge >= 0.3 is 0 Å². The van der Waals surface area contributed by atoms with Gasteiger partial charge in [-0.2, -0.15) is 0 Å². The van der Waals surface area contributed by atoms with Gasteiger partial charge in [0.15, 0.2) is 0 Å². The van der Waals surface area contributed by atoms with Crippen LogP contribution in [0.3, 0.4) is 0 Å². The molecule has 0 unspecified atom stereocenters. The number of ether oxygens (including phenoxy) is 2. The Hall–Kier alpha value is -1.22. The van der Waals surface area contributed by atoms with Crippen molar-refractivity contribution in [3.8, 4) is 5.75 Å². The molecular weight excluding hydrogens is 202 g/mol. The van der Waals surface area contributed by atoms with Crippen LogP contribution in [0.1, 0.15) is 19.8 Å². The Morgan fingerprint density at radius 2 is 2.06 bits per heavy atom. The highest BCUT2D eigenvalue weighted by molar-refractivity contribution is 5.56. The van der Waals surface area contributed by atoms with Gasteiger partial charge in [0, 0.05) is 19.3 Å². The molecule has 0 saturated carbocycles. The molecule has 1 fully saturated rings. The highest BCUT2D eigenvalue weighted by atomic mass is 16.5. The van der Waals surface area contributed by atoms with Gasteiger partial charge in [0.25, 0.3) is 0 Å². The van der Waals surface area contributed by atoms with Crippen LogP contribution in [0.25, 0.3) is 0 Å². The van der Waals surface area contributed by atoms with Gasteiger partial charge in [0.05, 0.1) is 12.3 Å². The summed E-state index contributed by atoms with van der Waals surface area (Å²) in [6, 6.07) is 8.62. The van der Waals surface area contributed by atoms with Crippen molar-refractivity contribution in [2.24, 2.45) is 0 Å². The molecule has 1 aliphatic rings. The van der Waals surface area contributed by atoms with Gasteiger partial charge in [-0.1, -0.05) is 12.1 Å². The van der Waals surface area contributed by atoms with Crippen molar-refractivity contribution in [1.82, 2.24) is 0 Å². The average Bonchev–Trinajstić information content (AvgIpc) is 2.33. The summed E-state index contributed by atoms with van der Waals surface area (Å²) in [6.07, 6.45) is 2.14. The topological polar surface area (TPSA) is 30.5 Å². The molecule has 1 heterocycles. The molecule has 0 aliphatic carbocycles. The van der Waals surface area contributed by atoms with Crippen molar-refractivity contribution in [2.45, 2.75) is 25.8 Å². The molecule has 0 spiro atoms. The van der Waals surface area contributed by atoms with Crippen LogP contribution in [-0.2, 0) is 4.74 Å². The molecule has 1 aromatic rings. The number of benzene rings is 1. The molecule has 3 nitrogen and oxygen atoms in total. The van der Waals surface area contributed by atoms with Crippen molar-refractivity contribution < 1.29 is 9.47 Å². The third-order valence-electron chi connectivity index (χ3n) is 2.77. The minimum absolute atomic E-state index is 0.510. The van der Waals surface area contributed by atoms with E-state index in [0.717, 1.165) is 37.5 Å². The first kappa shape index (κ1) is 11.3. The maximum absolute atomic E-state index is 5.58. The molecule has 16 heavy (non-hydrogen) atoms. The summed E-state index contributed by atoms with van der Waals surface area (Å²) in [5.41, 5.74) is 1.09. The standard InChI is InChI=1S/C13H19NO2/c1-2-16-13-6-4-3-5-12(13)14-11-7-9-15-10-8-11/h3-6,11,14H,2,7-10H2,1H3. The summed E-state index contributed by atoms with van der Waals surface area (Å²) in [7, 11) is 0. The fourth-order valence-corrected chi connectivity index (χ4v) is 1.93. The van der Waals surface area contributed by atoms with Crippen LogP contribution >= 0.6 is 0 Å². The first-order valence-corrected chi connectivity index (χ1v) is 5.96. The second kappa shape index (κ2) is 5.75. The lowest BCUT2D eigenvalue weighted by Crippen LogP contribution is -2.28. The van der Waals surface area contributed by atoms with Crippen molar-refractivity contribution in [1.29, 1.82) is 0 Å². The van der Waals surface area contributed by atoms with Gasteiger partial charge in [0.2, 0.25) is 0 Å². The normalized spacial score (nSPS) is 17.1. The van der Waals surface area contributed by atoms with Crippen LogP contribution in [0.2, 0.25) is 0 Å². The molecule has 2 rings (SSSR count). The number of anilines is 1. The van der Waals surface area contributed by atoms with Gasteiger partial charge in [-0.25, -0.2) is 0 Å². The molecule has 0 amide bonds. The smallest absolute Gasteiger partial charge is 0.142 e. The van der Waals surface area contributed by atoms with Crippen molar-refractivity contribution in [3.63, 3.8) is 0 Å². The minimum atomic E-state index is 0.510. The lowest BCUT2D eigenvalue weighted by atomic mass is 10.1. The molecule has 0 bridgehead atoms. The Morgan fingerprint density at radius 1 is 1.31 bits per heavy atom. The van der Waals surface area contributed by atoms with Crippen molar-refractivity contribution in [2.75, 3.05) is 25.1 Å². The number of hydrogen-bond acceptors (Lipinski definition) is 3. The highest BCUT2D eigenvalue weighted by Gasteiger charge is 2.14. The fraction of sp³-hybridized carbons (Fsp3) is 0.538. The van der Waals surface area contributed by atoms with E-state index < -0.39 is 0 Å². The molecule has 1 aromatic carbocycles. The first-order valence-electron chi connectivity index (χ1n) is 5.96. The van der Waals surface area contributed by atoms with Crippen LogP contribution in [0.15, 0.2) is 24.3 Å². The fourth-order valence-electron chi connectivity index (χ4n) is 1.93. The summed E-state index contributed by atoms with van der Waals surface area (Å²) in [4.78, 5) is 0. The molecule has 0 radical (unpaired) electrons. The molecule has 1 saturated heterocycles. The Morgan fingerprint density at radius 3 is 2.81 bits per heavy atom. The lowest BCUT2D eigenvalue weighted by Gasteiger charge is -2.25. The molecule has 3 heteroatoms. The third-order valence-corrected chi connectivity index (χ3v) is 2.77. The van der Waals surface area contributed by atoms with Crippen molar-refractivity contribution >= 4 is 5.69 Å². The maximum Gasteiger partial charge on any atom is 0.142 e. The summed E-state index contributed by atoms with van der Waals surface area (Å²) in [5.74, 6) is 0.941. The van der Waals surface area contributed by atoms with E-state index in [1.807, 2.05) is 25.1 Å². The quantitative estimate of drug-likeness (QED) is 0.848. The number of hydrogen-bond donors (Lipinski definition) is 1. The van der Waals surface area contributed by atoms with Crippen molar-refractivity contribution in [3.05, 3.63) is 24.3 Å². The van der Waals surface area contributed by atoms with E-state index in [9.17, 15) is 0 Å². The van der Waals surface area contributed by atoms with Crippen LogP contribution in [0, 0.1) is 0 Å². The van der Waals surface area contributed by atoms with Crippen LogP contribution < -0.4 is 10.1 Å². The minimum Gasteiger partial charge on any atom is -0.492 e. The summed E-state index contributed by atoms with van der Waals surface area (Å²) >= 11 is 0. The zero-order valence-corrected chi connectivity index (χ0v) is 9.74. The van der Waals surface area contributed by atoms with Crippen LogP contribution in [0.5, 0.6) is 5.75 Å². The Kier molecular flexibility index (Phi) is 4.05. The van der Waals surface area contributed by atoms with Gasteiger partial charge in [-0.3, -0.25) is 0 Å². The zero-order chi connectivity index (χ0) is 11.2. The lowest BCUT2D eigenvalue weighted by molar-refractivity contribution is 0.0904. The Labute approximate surface area is 96.8 Å². The van der Waals surface area contributed by atoms with Gasteiger partial charge < -0.3 is 14.8 Å². The molecular formula is C13H19NO2. The SMILES string of the molecule is CCOc1ccccc1NC1CCOCC1. The Bertz CT molecular complexity index is 321. The number of nitrogens with one attached hydrogen (secondary N) is 1. The van der Waals surface area contributed by atoms with E-state index >= 15 is 0 Å². The molecule has 0 aromatic heterocycles. The molecule has 0 atom stereocenters. The van der Waals surface area contributed by atoms with Crippen LogP contribution in [0.4, 0.5) is 5.69 Å². The van der Waals surface area contributed by atoms with E-state index in [1.165, 1.54) is 0 Å². The average molecular weight is 221 g/mol. The predicted molar refractivity (Wildman–Crippen MR) is 65.1 cm³/mol. The van der Waals surface area contributed by atoms with Crippen LogP contribution in [-0.4, -0.2) is 25.9 Å². The monoisotopic (exact) mass is 221 g/mol. The second-order valence-electron chi connectivity index (χ2n) is 3.96. The number of para-hydroxylation sites is 2. The number of rotatable bonds is 4. The van der Waals surface area contributed by atoms with Gasteiger partial charge in [-0.15, -0.1) is 0 Å². The third kappa shape index (κ3) is 2.89. The summed E-state index contributed by atoms with van der Waals surface area (Å²) in [6.45, 7) is 4.42. The predicted octanol–water partition coefficient (Wildman–Crippen LogP) is 2.68. The van der Waals surface area contributed by atoms with Gasteiger partial charge in [-0.05, 0) is 31.9 Å². The highest BCUT2D eigenvalue weighted by Crippen LogP contribution is 2.26.